The molecule has 3 aliphatic rings. The molecule has 4 heterocycles. The van der Waals surface area contributed by atoms with Crippen LogP contribution in [0.1, 0.15) is 49.1 Å². The number of aromatic nitrogens is 2. The Morgan fingerprint density at radius 3 is 2.41 bits per heavy atom. The first-order valence-corrected chi connectivity index (χ1v) is 16.4. The number of nitrogens with zero attached hydrogens (tertiary/aromatic N) is 5. The number of rotatable bonds is 10. The highest BCUT2D eigenvalue weighted by atomic mass is 35.5. The van der Waals surface area contributed by atoms with Crippen LogP contribution in [0.15, 0.2) is 48.7 Å². The number of ether oxygens (including phenoxy) is 2. The number of likely N-dealkylation sites (tertiary alicyclic amines) is 1. The molecule has 3 aliphatic heterocycles. The lowest BCUT2D eigenvalue weighted by molar-refractivity contribution is 0.187. The Kier molecular flexibility index (Phi) is 9.48. The van der Waals surface area contributed by atoms with E-state index in [-0.39, 0.29) is 6.61 Å². The predicted molar refractivity (Wildman–Crippen MR) is 174 cm³/mol. The Balaban J connectivity index is 1.06. The SMILES string of the molecule is CC(C)(c1ccc(OCc2ccnc(N3C[C@@H]4CN(C5CCNCC5)C[C@@H]4C3)n2)cc1)c1cc(Cl)c(OCCCl)c(C#N)c1. The Labute approximate surface area is 270 Å². The molecule has 3 saturated heterocycles. The van der Waals surface area contributed by atoms with Crippen molar-refractivity contribution in [2.24, 2.45) is 11.8 Å². The van der Waals surface area contributed by atoms with E-state index in [1.54, 1.807) is 0 Å². The van der Waals surface area contributed by atoms with E-state index in [0.717, 1.165) is 60.7 Å². The van der Waals surface area contributed by atoms with Gasteiger partial charge in [-0.05, 0) is 79.2 Å². The van der Waals surface area contributed by atoms with Gasteiger partial charge in [0.25, 0.3) is 0 Å². The molecule has 3 fully saturated rings. The molecule has 8 nitrogen and oxygen atoms in total. The lowest BCUT2D eigenvalue weighted by Gasteiger charge is -2.32. The van der Waals surface area contributed by atoms with E-state index >= 15 is 0 Å². The van der Waals surface area contributed by atoms with Crippen LogP contribution in [0.5, 0.6) is 11.5 Å². The Hall–Kier alpha value is -3.09. The Morgan fingerprint density at radius 2 is 1.73 bits per heavy atom. The highest BCUT2D eigenvalue weighted by Gasteiger charge is 2.42. The lowest BCUT2D eigenvalue weighted by atomic mass is 9.77. The summed E-state index contributed by atoms with van der Waals surface area (Å²) in [5, 5.41) is 13.6. The molecule has 0 radical (unpaired) electrons. The van der Waals surface area contributed by atoms with Gasteiger partial charge < -0.3 is 19.7 Å². The molecular formula is C34H40Cl2N6O2. The van der Waals surface area contributed by atoms with Crippen LogP contribution in [0.4, 0.5) is 5.95 Å². The van der Waals surface area contributed by atoms with Crippen molar-refractivity contribution in [1.82, 2.24) is 20.2 Å². The van der Waals surface area contributed by atoms with Gasteiger partial charge in [0.15, 0.2) is 5.75 Å². The fourth-order valence-electron chi connectivity index (χ4n) is 6.90. The van der Waals surface area contributed by atoms with Gasteiger partial charge in [0, 0.05) is 43.8 Å². The van der Waals surface area contributed by atoms with Gasteiger partial charge in [-0.3, -0.25) is 4.90 Å². The first-order valence-electron chi connectivity index (χ1n) is 15.5. The number of piperidine rings is 1. The van der Waals surface area contributed by atoms with E-state index in [1.807, 2.05) is 36.5 Å². The van der Waals surface area contributed by atoms with Crippen LogP contribution in [0.25, 0.3) is 0 Å². The summed E-state index contributed by atoms with van der Waals surface area (Å²) < 4.78 is 11.8. The van der Waals surface area contributed by atoms with E-state index in [0.29, 0.717) is 40.7 Å². The van der Waals surface area contributed by atoms with Crippen LogP contribution >= 0.6 is 23.2 Å². The van der Waals surface area contributed by atoms with E-state index in [9.17, 15) is 5.26 Å². The molecule has 232 valence electrons. The van der Waals surface area contributed by atoms with Crippen LogP contribution in [0, 0.1) is 23.2 Å². The monoisotopic (exact) mass is 634 g/mol. The number of hydrogen-bond donors (Lipinski definition) is 1. The maximum Gasteiger partial charge on any atom is 0.225 e. The van der Waals surface area contributed by atoms with E-state index in [2.05, 4.69) is 52.2 Å². The number of halogens is 2. The standard InChI is InChI=1S/C34H40Cl2N6O2/c1-34(2,27-15-23(17-37)32(31(36)16-27)43-14-10-35)26-3-5-30(6-4-26)44-22-28-7-13-39-33(40-28)42-20-24-18-41(19-25(24)21-42)29-8-11-38-12-9-29/h3-7,13,15-16,24-25,29,38H,8-12,14,18-22H2,1-2H3/t24-,25+. The van der Waals surface area contributed by atoms with E-state index in [4.69, 9.17) is 37.7 Å². The molecule has 2 atom stereocenters. The van der Waals surface area contributed by atoms with Gasteiger partial charge in [-0.15, -0.1) is 11.6 Å². The van der Waals surface area contributed by atoms with Gasteiger partial charge in [-0.1, -0.05) is 37.6 Å². The Morgan fingerprint density at radius 1 is 1.00 bits per heavy atom. The zero-order chi connectivity index (χ0) is 30.7. The second-order valence-electron chi connectivity index (χ2n) is 12.6. The lowest BCUT2D eigenvalue weighted by Crippen LogP contribution is -2.43. The molecule has 1 aromatic heterocycles. The summed E-state index contributed by atoms with van der Waals surface area (Å²) in [6.45, 7) is 11.6. The second-order valence-corrected chi connectivity index (χ2v) is 13.4. The number of nitriles is 1. The van der Waals surface area contributed by atoms with Crippen molar-refractivity contribution in [2.75, 3.05) is 56.7 Å². The highest BCUT2D eigenvalue weighted by molar-refractivity contribution is 6.32. The van der Waals surface area contributed by atoms with Crippen LogP contribution in [-0.4, -0.2) is 72.7 Å². The third-order valence-corrected chi connectivity index (χ3v) is 9.93. The fourth-order valence-corrected chi connectivity index (χ4v) is 7.25. The second kappa shape index (κ2) is 13.5. The van der Waals surface area contributed by atoms with Crippen LogP contribution in [-0.2, 0) is 12.0 Å². The average molecular weight is 636 g/mol. The molecule has 3 aromatic rings. The predicted octanol–water partition coefficient (Wildman–Crippen LogP) is 5.64. The zero-order valence-electron chi connectivity index (χ0n) is 25.4. The van der Waals surface area contributed by atoms with Crippen molar-refractivity contribution >= 4 is 29.2 Å². The van der Waals surface area contributed by atoms with Crippen molar-refractivity contribution in [1.29, 1.82) is 5.26 Å². The smallest absolute Gasteiger partial charge is 0.225 e. The van der Waals surface area contributed by atoms with Gasteiger partial charge in [-0.2, -0.15) is 5.26 Å². The molecule has 10 heteroatoms. The van der Waals surface area contributed by atoms with Gasteiger partial charge >= 0.3 is 0 Å². The van der Waals surface area contributed by atoms with E-state index in [1.165, 1.54) is 25.9 Å². The third kappa shape index (κ3) is 6.62. The summed E-state index contributed by atoms with van der Waals surface area (Å²) in [6, 6.07) is 16.6. The quantitative estimate of drug-likeness (QED) is 0.287. The molecule has 1 N–H and O–H groups in total. The van der Waals surface area contributed by atoms with Crippen molar-refractivity contribution in [3.8, 4) is 17.6 Å². The Bertz CT molecular complexity index is 1470. The summed E-state index contributed by atoms with van der Waals surface area (Å²) in [6.07, 6.45) is 4.38. The van der Waals surface area contributed by atoms with Crippen molar-refractivity contribution in [2.45, 2.75) is 44.8 Å². The molecule has 0 saturated carbocycles. The zero-order valence-corrected chi connectivity index (χ0v) is 26.9. The third-order valence-electron chi connectivity index (χ3n) is 9.49. The molecule has 6 rings (SSSR count). The molecule has 0 spiro atoms. The number of fused-ring (bicyclic) bond motifs is 1. The van der Waals surface area contributed by atoms with Gasteiger partial charge in [0.05, 0.1) is 22.2 Å². The minimum absolute atomic E-state index is 0.285. The summed E-state index contributed by atoms with van der Waals surface area (Å²) in [5.74, 6) is 3.65. The molecule has 44 heavy (non-hydrogen) atoms. The molecule has 2 aromatic carbocycles. The topological polar surface area (TPSA) is 86.5 Å². The summed E-state index contributed by atoms with van der Waals surface area (Å²) in [4.78, 5) is 14.6. The average Bonchev–Trinajstić information content (AvgIpc) is 3.64. The normalized spacial score (nSPS) is 20.8. The maximum atomic E-state index is 9.71. The molecule has 0 amide bonds. The molecule has 0 aliphatic carbocycles. The number of alkyl halides is 1. The van der Waals surface area contributed by atoms with Gasteiger partial charge in [-0.25, -0.2) is 9.97 Å². The van der Waals surface area contributed by atoms with E-state index < -0.39 is 5.41 Å². The first kappa shape index (κ1) is 30.9. The molecule has 0 bridgehead atoms. The number of anilines is 1. The van der Waals surface area contributed by atoms with Crippen LogP contribution in [0.2, 0.25) is 5.02 Å². The summed E-state index contributed by atoms with van der Waals surface area (Å²) in [7, 11) is 0. The minimum atomic E-state index is -0.404. The number of nitrogens with one attached hydrogen (secondary N) is 1. The van der Waals surface area contributed by atoms with Gasteiger partial charge in [0.1, 0.15) is 25.0 Å². The van der Waals surface area contributed by atoms with Crippen molar-refractivity contribution < 1.29 is 9.47 Å². The highest BCUT2D eigenvalue weighted by Crippen LogP contribution is 2.39. The van der Waals surface area contributed by atoms with Gasteiger partial charge in [0.2, 0.25) is 5.95 Å². The number of benzene rings is 2. The van der Waals surface area contributed by atoms with Crippen molar-refractivity contribution in [3.05, 3.63) is 76.1 Å². The largest absolute Gasteiger partial charge is 0.489 e. The minimum Gasteiger partial charge on any atom is -0.489 e. The number of hydrogen-bond acceptors (Lipinski definition) is 8. The summed E-state index contributed by atoms with van der Waals surface area (Å²) >= 11 is 12.3. The summed E-state index contributed by atoms with van der Waals surface area (Å²) in [5.41, 5.74) is 2.85. The fraction of sp³-hybridized carbons (Fsp3) is 0.500. The van der Waals surface area contributed by atoms with Crippen LogP contribution in [0.3, 0.4) is 0 Å². The van der Waals surface area contributed by atoms with Crippen LogP contribution < -0.4 is 19.7 Å². The van der Waals surface area contributed by atoms with Crippen molar-refractivity contribution in [3.63, 3.8) is 0 Å². The first-order chi connectivity index (χ1) is 21.4. The molecular weight excluding hydrogens is 595 g/mol. The maximum absolute atomic E-state index is 9.71. The molecule has 0 unspecified atom stereocenters.